The summed E-state index contributed by atoms with van der Waals surface area (Å²) in [5.74, 6) is 0.0748. The first kappa shape index (κ1) is 13.5. The van der Waals surface area contributed by atoms with E-state index in [4.69, 9.17) is 10.00 Å². The van der Waals surface area contributed by atoms with Gasteiger partial charge in [0.25, 0.3) is 12.4 Å². The van der Waals surface area contributed by atoms with E-state index in [-0.39, 0.29) is 12.5 Å². The lowest BCUT2D eigenvalue weighted by Crippen LogP contribution is -2.38. The van der Waals surface area contributed by atoms with Gasteiger partial charge in [0, 0.05) is 0 Å². The third-order valence-electron chi connectivity index (χ3n) is 3.13. The van der Waals surface area contributed by atoms with Gasteiger partial charge in [-0.05, 0) is 12.3 Å². The number of nitriles is 1. The van der Waals surface area contributed by atoms with Crippen LogP contribution in [0.4, 0.5) is 0 Å². The fourth-order valence-electron chi connectivity index (χ4n) is 2.26. The van der Waals surface area contributed by atoms with E-state index in [9.17, 15) is 9.59 Å². The van der Waals surface area contributed by atoms with E-state index in [1.807, 2.05) is 6.07 Å². The van der Waals surface area contributed by atoms with Gasteiger partial charge in [-0.2, -0.15) is 5.26 Å². The highest BCUT2D eigenvalue weighted by molar-refractivity contribution is 5.81. The number of ether oxygens (including phenoxy) is 1. The largest absolute Gasteiger partial charge is 0.454 e. The summed E-state index contributed by atoms with van der Waals surface area (Å²) >= 11 is 0. The van der Waals surface area contributed by atoms with Gasteiger partial charge in [-0.3, -0.25) is 9.59 Å². The maximum Gasteiger partial charge on any atom is 0.293 e. The van der Waals surface area contributed by atoms with Crippen LogP contribution in [0.2, 0.25) is 0 Å². The van der Waals surface area contributed by atoms with Gasteiger partial charge in [0.05, 0.1) is 6.07 Å². The van der Waals surface area contributed by atoms with E-state index in [1.165, 1.54) is 19.3 Å². The lowest BCUT2D eigenvalue weighted by Gasteiger charge is -2.24. The Morgan fingerprint density at radius 2 is 2.18 bits per heavy atom. The van der Waals surface area contributed by atoms with Gasteiger partial charge >= 0.3 is 0 Å². The number of hydrogen-bond donors (Lipinski definition) is 1. The molecule has 1 unspecified atom stereocenters. The smallest absolute Gasteiger partial charge is 0.293 e. The van der Waals surface area contributed by atoms with Crippen LogP contribution < -0.4 is 5.32 Å². The summed E-state index contributed by atoms with van der Waals surface area (Å²) in [6.07, 6.45) is 5.60. The summed E-state index contributed by atoms with van der Waals surface area (Å²) in [4.78, 5) is 22.0. The minimum atomic E-state index is -0.746. The van der Waals surface area contributed by atoms with Gasteiger partial charge in [-0.15, -0.1) is 0 Å². The van der Waals surface area contributed by atoms with Gasteiger partial charge in [0.2, 0.25) is 0 Å². The molecule has 0 saturated heterocycles. The number of nitrogens with one attached hydrogen (secondary N) is 1. The van der Waals surface area contributed by atoms with E-state index >= 15 is 0 Å². The molecule has 0 heterocycles. The van der Waals surface area contributed by atoms with Gasteiger partial charge in [0.15, 0.2) is 6.10 Å². The van der Waals surface area contributed by atoms with Crippen LogP contribution in [0.1, 0.15) is 38.5 Å². The molecule has 17 heavy (non-hydrogen) atoms. The first-order valence-electron chi connectivity index (χ1n) is 6.01. The molecule has 5 nitrogen and oxygen atoms in total. The van der Waals surface area contributed by atoms with Gasteiger partial charge in [-0.25, -0.2) is 0 Å². The molecular weight excluding hydrogens is 220 g/mol. The van der Waals surface area contributed by atoms with Crippen LogP contribution in [-0.2, 0) is 14.3 Å². The van der Waals surface area contributed by atoms with Crippen LogP contribution in [-0.4, -0.2) is 25.0 Å². The van der Waals surface area contributed by atoms with Crippen molar-refractivity contribution in [2.45, 2.75) is 44.6 Å². The molecule has 0 spiro atoms. The quantitative estimate of drug-likeness (QED) is 0.556. The minimum absolute atomic E-state index is 0.0534. The summed E-state index contributed by atoms with van der Waals surface area (Å²) in [6.45, 7) is 0.252. The Labute approximate surface area is 101 Å². The summed E-state index contributed by atoms with van der Waals surface area (Å²) in [6, 6.07) is 1.82. The Bertz CT molecular complexity index is 293. The summed E-state index contributed by atoms with van der Waals surface area (Å²) in [5.41, 5.74) is 0. The number of carbonyl (C=O) groups is 2. The van der Waals surface area contributed by atoms with Crippen molar-refractivity contribution in [2.24, 2.45) is 5.92 Å². The van der Waals surface area contributed by atoms with Crippen LogP contribution in [0.15, 0.2) is 0 Å². The van der Waals surface area contributed by atoms with Crippen molar-refractivity contribution in [1.29, 1.82) is 5.26 Å². The number of rotatable bonds is 6. The third-order valence-corrected chi connectivity index (χ3v) is 3.13. The van der Waals surface area contributed by atoms with Crippen LogP contribution >= 0.6 is 0 Å². The Morgan fingerprint density at radius 3 is 2.76 bits per heavy atom. The fraction of sp³-hybridized carbons (Fsp3) is 0.750. The molecule has 0 bridgehead atoms. The zero-order valence-electron chi connectivity index (χ0n) is 9.85. The highest BCUT2D eigenvalue weighted by Crippen LogP contribution is 2.27. The van der Waals surface area contributed by atoms with Crippen LogP contribution in [0.5, 0.6) is 0 Å². The van der Waals surface area contributed by atoms with E-state index in [0.29, 0.717) is 18.8 Å². The zero-order valence-corrected chi connectivity index (χ0v) is 9.85. The maximum atomic E-state index is 11.6. The Balaban J connectivity index is 2.43. The van der Waals surface area contributed by atoms with Crippen molar-refractivity contribution in [3.63, 3.8) is 0 Å². The van der Waals surface area contributed by atoms with E-state index in [2.05, 4.69) is 5.32 Å². The summed E-state index contributed by atoms with van der Waals surface area (Å²) in [5, 5.41) is 10.8. The SMILES string of the molecule is N#CCNC(=O)C(CC1CCCCC1)OC=O. The average molecular weight is 238 g/mol. The summed E-state index contributed by atoms with van der Waals surface area (Å²) in [7, 11) is 0. The lowest BCUT2D eigenvalue weighted by molar-refractivity contribution is -0.146. The number of amides is 1. The van der Waals surface area contributed by atoms with E-state index < -0.39 is 6.10 Å². The Hall–Kier alpha value is -1.57. The first-order chi connectivity index (χ1) is 8.27. The molecule has 0 radical (unpaired) electrons. The van der Waals surface area contributed by atoms with Crippen LogP contribution in [0, 0.1) is 17.2 Å². The Kier molecular flexibility index (Phi) is 6.08. The molecule has 94 valence electrons. The second-order valence-electron chi connectivity index (χ2n) is 4.34. The summed E-state index contributed by atoms with van der Waals surface area (Å²) < 4.78 is 4.80. The van der Waals surface area contributed by atoms with Crippen molar-refractivity contribution < 1.29 is 14.3 Å². The lowest BCUT2D eigenvalue weighted by atomic mass is 9.85. The standard InChI is InChI=1S/C12H18N2O3/c13-6-7-14-12(16)11(17-9-15)8-10-4-2-1-3-5-10/h9-11H,1-5,7-8H2,(H,14,16). The van der Waals surface area contributed by atoms with Gasteiger partial charge in [0.1, 0.15) is 6.54 Å². The maximum absolute atomic E-state index is 11.6. The van der Waals surface area contributed by atoms with Crippen molar-refractivity contribution in [1.82, 2.24) is 5.32 Å². The van der Waals surface area contributed by atoms with Gasteiger partial charge < -0.3 is 10.1 Å². The molecule has 1 fully saturated rings. The van der Waals surface area contributed by atoms with Gasteiger partial charge in [-0.1, -0.05) is 32.1 Å². The molecule has 5 heteroatoms. The highest BCUT2D eigenvalue weighted by atomic mass is 16.5. The number of hydrogen-bond acceptors (Lipinski definition) is 4. The normalized spacial score (nSPS) is 17.8. The number of carbonyl (C=O) groups excluding carboxylic acids is 2. The molecule has 1 rings (SSSR count). The molecule has 1 aliphatic carbocycles. The second-order valence-corrected chi connectivity index (χ2v) is 4.34. The van der Waals surface area contributed by atoms with E-state index in [1.54, 1.807) is 0 Å². The van der Waals surface area contributed by atoms with Crippen LogP contribution in [0.25, 0.3) is 0 Å². The minimum Gasteiger partial charge on any atom is -0.454 e. The Morgan fingerprint density at radius 1 is 1.47 bits per heavy atom. The molecule has 0 aromatic rings. The molecule has 1 atom stereocenters. The van der Waals surface area contributed by atoms with Crippen molar-refractivity contribution in [3.8, 4) is 6.07 Å². The zero-order chi connectivity index (χ0) is 12.5. The molecular formula is C12H18N2O3. The first-order valence-corrected chi connectivity index (χ1v) is 6.01. The van der Waals surface area contributed by atoms with Crippen molar-refractivity contribution in [2.75, 3.05) is 6.54 Å². The van der Waals surface area contributed by atoms with Crippen molar-refractivity contribution >= 4 is 12.4 Å². The monoisotopic (exact) mass is 238 g/mol. The molecule has 0 aromatic heterocycles. The van der Waals surface area contributed by atoms with Crippen molar-refractivity contribution in [3.05, 3.63) is 0 Å². The average Bonchev–Trinajstić information content (AvgIpc) is 2.36. The predicted octanol–water partition coefficient (Wildman–Crippen LogP) is 1.14. The van der Waals surface area contributed by atoms with Crippen LogP contribution in [0.3, 0.4) is 0 Å². The number of nitrogens with zero attached hydrogens (tertiary/aromatic N) is 1. The molecule has 1 saturated carbocycles. The fourth-order valence-corrected chi connectivity index (χ4v) is 2.26. The molecule has 1 aliphatic rings. The van der Waals surface area contributed by atoms with E-state index in [0.717, 1.165) is 12.8 Å². The molecule has 1 amide bonds. The predicted molar refractivity (Wildman–Crippen MR) is 60.8 cm³/mol. The second kappa shape index (κ2) is 7.66. The molecule has 0 aromatic carbocycles. The highest BCUT2D eigenvalue weighted by Gasteiger charge is 2.25. The topological polar surface area (TPSA) is 79.2 Å². The molecule has 0 aliphatic heterocycles. The molecule has 1 N–H and O–H groups in total. The third kappa shape index (κ3) is 4.85.